The molecule has 3 aromatic carbocycles. The zero-order valence-electron chi connectivity index (χ0n) is 19.5. The van der Waals surface area contributed by atoms with Crippen LogP contribution in [-0.4, -0.2) is 11.9 Å². The van der Waals surface area contributed by atoms with Crippen molar-refractivity contribution >= 4 is 11.9 Å². The van der Waals surface area contributed by atoms with Gasteiger partial charge >= 0.3 is 11.9 Å². The zero-order chi connectivity index (χ0) is 24.8. The van der Waals surface area contributed by atoms with Crippen LogP contribution in [-0.2, 0) is 14.3 Å². The van der Waals surface area contributed by atoms with Crippen molar-refractivity contribution in [3.8, 4) is 23.3 Å². The normalized spacial score (nSPS) is 18.8. The van der Waals surface area contributed by atoms with Crippen molar-refractivity contribution in [3.63, 3.8) is 0 Å². The van der Waals surface area contributed by atoms with Gasteiger partial charge in [0.1, 0.15) is 23.3 Å². The molecule has 4 rings (SSSR count). The highest BCUT2D eigenvalue weighted by Crippen LogP contribution is 2.59. The summed E-state index contributed by atoms with van der Waals surface area (Å²) in [6.07, 6.45) is 1.93. The van der Waals surface area contributed by atoms with Crippen LogP contribution < -0.4 is 9.47 Å². The molecule has 1 aliphatic rings. The van der Waals surface area contributed by atoms with Crippen LogP contribution in [0.5, 0.6) is 17.2 Å². The van der Waals surface area contributed by atoms with E-state index < -0.39 is 29.4 Å². The van der Waals surface area contributed by atoms with Crippen molar-refractivity contribution < 1.29 is 23.8 Å². The topological polar surface area (TPSA) is 85.6 Å². The molecule has 0 aromatic heterocycles. The average Bonchev–Trinajstić information content (AvgIpc) is 3.42. The molecule has 0 spiro atoms. The fraction of sp³-hybridized carbons (Fsp3) is 0.207. The number of hydrogen-bond acceptors (Lipinski definition) is 6. The van der Waals surface area contributed by atoms with E-state index in [2.05, 4.69) is 6.07 Å². The standard InChI is InChI=1S/C29H25NO5/c1-29(2)24(16-17-26(31)34-22-13-7-4-8-14-22)27(29)28(32)35-25(19-30)20-10-9-15-23(18-20)33-21-11-5-3-6-12-21/h3-18,24-25,27H,1-2H3/b17-16-/t24-,25+,27-/m0/s1. The van der Waals surface area contributed by atoms with E-state index in [9.17, 15) is 14.9 Å². The maximum Gasteiger partial charge on any atom is 0.335 e. The molecular formula is C29H25NO5. The molecule has 0 aliphatic heterocycles. The Bertz CT molecular complexity index is 1260. The summed E-state index contributed by atoms with van der Waals surface area (Å²) in [6, 6.07) is 27.0. The molecule has 3 atom stereocenters. The fourth-order valence-electron chi connectivity index (χ4n) is 4.03. The summed E-state index contributed by atoms with van der Waals surface area (Å²) >= 11 is 0. The monoisotopic (exact) mass is 467 g/mol. The third-order valence-corrected chi connectivity index (χ3v) is 6.06. The average molecular weight is 468 g/mol. The summed E-state index contributed by atoms with van der Waals surface area (Å²) in [4.78, 5) is 25.1. The lowest BCUT2D eigenvalue weighted by atomic mass is 10.1. The number of nitrogens with zero attached hydrogens (tertiary/aromatic N) is 1. The molecule has 0 unspecified atom stereocenters. The lowest BCUT2D eigenvalue weighted by molar-refractivity contribution is -0.149. The minimum Gasteiger partial charge on any atom is -0.457 e. The maximum absolute atomic E-state index is 12.9. The van der Waals surface area contributed by atoms with E-state index in [-0.39, 0.29) is 5.92 Å². The number of nitriles is 1. The van der Waals surface area contributed by atoms with Crippen LogP contribution >= 0.6 is 0 Å². The SMILES string of the molecule is CC1(C)[C@H](C(=O)O[C@H](C#N)c2cccc(Oc3ccccc3)c2)[C@@H]1/C=C\C(=O)Oc1ccccc1. The molecule has 1 saturated carbocycles. The zero-order valence-corrected chi connectivity index (χ0v) is 19.5. The predicted octanol–water partition coefficient (Wildman–Crippen LogP) is 6.02. The molecule has 0 saturated heterocycles. The van der Waals surface area contributed by atoms with E-state index in [4.69, 9.17) is 14.2 Å². The van der Waals surface area contributed by atoms with E-state index in [0.717, 1.165) is 0 Å². The number of carbonyl (C=O) groups is 2. The summed E-state index contributed by atoms with van der Waals surface area (Å²) in [5.41, 5.74) is 0.116. The molecule has 176 valence electrons. The molecule has 35 heavy (non-hydrogen) atoms. The minimum atomic E-state index is -1.08. The van der Waals surface area contributed by atoms with Crippen LogP contribution in [0, 0.1) is 28.6 Å². The Morgan fingerprint density at radius 2 is 1.54 bits per heavy atom. The van der Waals surface area contributed by atoms with Gasteiger partial charge in [-0.05, 0) is 47.7 Å². The number of esters is 2. The molecule has 0 radical (unpaired) electrons. The molecule has 0 heterocycles. The molecule has 1 fully saturated rings. The lowest BCUT2D eigenvalue weighted by Crippen LogP contribution is -2.14. The van der Waals surface area contributed by atoms with E-state index in [1.165, 1.54) is 6.08 Å². The first-order valence-corrected chi connectivity index (χ1v) is 11.3. The number of para-hydroxylation sites is 2. The lowest BCUT2D eigenvalue weighted by Gasteiger charge is -2.13. The Hall–Kier alpha value is -4.37. The molecule has 0 amide bonds. The second-order valence-electron chi connectivity index (χ2n) is 8.85. The summed E-state index contributed by atoms with van der Waals surface area (Å²) in [5, 5.41) is 9.68. The van der Waals surface area contributed by atoms with E-state index in [1.54, 1.807) is 54.6 Å². The van der Waals surface area contributed by atoms with Crippen molar-refractivity contribution in [1.82, 2.24) is 0 Å². The van der Waals surface area contributed by atoms with Gasteiger partial charge in [-0.15, -0.1) is 0 Å². The quantitative estimate of drug-likeness (QED) is 0.229. The summed E-state index contributed by atoms with van der Waals surface area (Å²) in [5.74, 6) is -0.0280. The van der Waals surface area contributed by atoms with Gasteiger partial charge in [0.15, 0.2) is 0 Å². The van der Waals surface area contributed by atoms with Gasteiger partial charge in [-0.2, -0.15) is 5.26 Å². The van der Waals surface area contributed by atoms with Gasteiger partial charge < -0.3 is 14.2 Å². The second-order valence-corrected chi connectivity index (χ2v) is 8.85. The first-order valence-electron chi connectivity index (χ1n) is 11.3. The molecule has 3 aromatic rings. The number of allylic oxidation sites excluding steroid dienone is 1. The Morgan fingerprint density at radius 3 is 2.20 bits per heavy atom. The van der Waals surface area contributed by atoms with E-state index in [0.29, 0.717) is 22.8 Å². The van der Waals surface area contributed by atoms with Gasteiger partial charge in [0.2, 0.25) is 6.10 Å². The highest BCUT2D eigenvalue weighted by Gasteiger charge is 2.61. The van der Waals surface area contributed by atoms with Gasteiger partial charge in [-0.1, -0.05) is 68.5 Å². The third-order valence-electron chi connectivity index (χ3n) is 6.06. The second kappa shape index (κ2) is 10.3. The highest BCUT2D eigenvalue weighted by atomic mass is 16.5. The van der Waals surface area contributed by atoms with Gasteiger partial charge in [-0.3, -0.25) is 4.79 Å². The van der Waals surface area contributed by atoms with Gasteiger partial charge in [0.25, 0.3) is 0 Å². The summed E-state index contributed by atoms with van der Waals surface area (Å²) < 4.78 is 16.7. The summed E-state index contributed by atoms with van der Waals surface area (Å²) in [6.45, 7) is 3.85. The fourth-order valence-corrected chi connectivity index (χ4v) is 4.03. The largest absolute Gasteiger partial charge is 0.457 e. The number of rotatable bonds is 8. The number of ether oxygens (including phenoxy) is 3. The summed E-state index contributed by atoms with van der Waals surface area (Å²) in [7, 11) is 0. The van der Waals surface area contributed by atoms with E-state index >= 15 is 0 Å². The first kappa shape index (κ1) is 23.8. The van der Waals surface area contributed by atoms with Crippen molar-refractivity contribution in [3.05, 3.63) is 103 Å². The van der Waals surface area contributed by atoms with Crippen molar-refractivity contribution in [2.24, 2.45) is 17.3 Å². The van der Waals surface area contributed by atoms with Gasteiger partial charge in [0.05, 0.1) is 5.92 Å². The number of hydrogen-bond donors (Lipinski definition) is 0. The van der Waals surface area contributed by atoms with Crippen LogP contribution in [0.4, 0.5) is 0 Å². The smallest absolute Gasteiger partial charge is 0.335 e. The molecule has 6 nitrogen and oxygen atoms in total. The molecule has 1 aliphatic carbocycles. The Kier molecular flexibility index (Phi) is 6.98. The van der Waals surface area contributed by atoms with Crippen molar-refractivity contribution in [2.75, 3.05) is 0 Å². The molecule has 0 N–H and O–H groups in total. The van der Waals surface area contributed by atoms with Crippen LogP contribution in [0.15, 0.2) is 97.1 Å². The van der Waals surface area contributed by atoms with Crippen LogP contribution in [0.3, 0.4) is 0 Å². The van der Waals surface area contributed by atoms with E-state index in [1.807, 2.05) is 50.2 Å². The minimum absolute atomic E-state index is 0.203. The predicted molar refractivity (Wildman–Crippen MR) is 129 cm³/mol. The van der Waals surface area contributed by atoms with Crippen molar-refractivity contribution in [1.29, 1.82) is 5.26 Å². The van der Waals surface area contributed by atoms with Gasteiger partial charge in [0, 0.05) is 11.6 Å². The number of benzene rings is 3. The van der Waals surface area contributed by atoms with Crippen LogP contribution in [0.1, 0.15) is 25.5 Å². The van der Waals surface area contributed by atoms with Crippen LogP contribution in [0.2, 0.25) is 0 Å². The third kappa shape index (κ3) is 5.77. The highest BCUT2D eigenvalue weighted by molar-refractivity contribution is 5.85. The Labute approximate surface area is 204 Å². The maximum atomic E-state index is 12.9. The van der Waals surface area contributed by atoms with Crippen LogP contribution in [0.25, 0.3) is 0 Å². The molecule has 0 bridgehead atoms. The Morgan fingerprint density at radius 1 is 0.914 bits per heavy atom. The Balaban J connectivity index is 1.38. The molecular weight excluding hydrogens is 442 g/mol. The number of carbonyl (C=O) groups excluding carboxylic acids is 2. The first-order chi connectivity index (χ1) is 16.9. The van der Waals surface area contributed by atoms with Gasteiger partial charge in [-0.25, -0.2) is 4.79 Å². The molecule has 6 heteroatoms. The van der Waals surface area contributed by atoms with Crippen molar-refractivity contribution in [2.45, 2.75) is 20.0 Å².